The van der Waals surface area contributed by atoms with Gasteiger partial charge in [0.05, 0.1) is 73.5 Å². The normalized spacial score (nSPS) is 11.8. The first kappa shape index (κ1) is 34.1. The minimum atomic E-state index is 0.427. The number of benzene rings is 9. The van der Waals surface area contributed by atoms with Crippen LogP contribution in [0.25, 0.3) is 115 Å². The van der Waals surface area contributed by atoms with E-state index in [1.54, 1.807) is 0 Å². The van der Waals surface area contributed by atoms with E-state index in [2.05, 4.69) is 218 Å². The van der Waals surface area contributed by atoms with E-state index in [1.165, 1.54) is 0 Å². The Balaban J connectivity index is 1.39. The Morgan fingerprint density at radius 3 is 0.694 bits per heavy atom. The van der Waals surface area contributed by atoms with Crippen molar-refractivity contribution in [2.24, 2.45) is 0 Å². The second-order valence-electron chi connectivity index (χ2n) is 15.8. The molecule has 6 nitrogen and oxygen atoms in total. The molecule has 0 aliphatic heterocycles. The summed E-state index contributed by atoms with van der Waals surface area (Å²) in [5, 5.41) is 20.8. The molecule has 0 saturated heterocycles. The Hall–Kier alpha value is -8.84. The Kier molecular flexibility index (Phi) is 7.05. The standard InChI is InChI=1S/C56H32N6/c1-58-52-55(61-48-30-14-6-22-39(48)40-23-7-15-31-49(40)61)53(59-44-26-10-2-18-35(44)36-19-3-11-27-45(36)59)43(34-57)54(60-46-28-12-4-20-37(46)38-21-5-13-29-47(38)60)56(52)62-50-32-16-8-24-41(50)42-25-9-17-33-51(42)62/h2-33H. The zero-order chi connectivity index (χ0) is 41.1. The molecule has 9 aromatic carbocycles. The van der Waals surface area contributed by atoms with Crippen molar-refractivity contribution >= 4 is 92.9 Å². The van der Waals surface area contributed by atoms with Crippen LogP contribution in [0.15, 0.2) is 194 Å². The molecule has 0 bridgehead atoms. The van der Waals surface area contributed by atoms with Gasteiger partial charge in [-0.05, 0) is 48.5 Å². The van der Waals surface area contributed by atoms with Gasteiger partial charge in [-0.25, -0.2) is 4.85 Å². The maximum absolute atomic E-state index is 12.3. The molecule has 0 saturated carbocycles. The van der Waals surface area contributed by atoms with Crippen LogP contribution in [0.2, 0.25) is 0 Å². The van der Waals surface area contributed by atoms with Gasteiger partial charge in [-0.3, -0.25) is 0 Å². The van der Waals surface area contributed by atoms with Crippen molar-refractivity contribution in [3.8, 4) is 28.8 Å². The third-order valence-corrected chi connectivity index (χ3v) is 12.8. The van der Waals surface area contributed by atoms with E-state index in [1.807, 2.05) is 0 Å². The summed E-state index contributed by atoms with van der Waals surface area (Å²) in [4.78, 5) is 4.72. The first-order valence-electron chi connectivity index (χ1n) is 20.7. The third-order valence-electron chi connectivity index (χ3n) is 12.8. The molecule has 13 rings (SSSR count). The van der Waals surface area contributed by atoms with Gasteiger partial charge in [0.1, 0.15) is 11.6 Å². The van der Waals surface area contributed by atoms with E-state index < -0.39 is 0 Å². The highest BCUT2D eigenvalue weighted by Gasteiger charge is 2.34. The number of hydrogen-bond acceptors (Lipinski definition) is 1. The molecule has 0 fully saturated rings. The predicted octanol–water partition coefficient (Wildman–Crippen LogP) is 14.5. The molecule has 4 heterocycles. The Bertz CT molecular complexity index is 3400. The summed E-state index contributed by atoms with van der Waals surface area (Å²) in [5.74, 6) is 0. The van der Waals surface area contributed by atoms with Crippen molar-refractivity contribution < 1.29 is 0 Å². The number of hydrogen-bond donors (Lipinski definition) is 0. The van der Waals surface area contributed by atoms with Gasteiger partial charge < -0.3 is 18.3 Å². The molecule has 0 radical (unpaired) electrons. The minimum absolute atomic E-state index is 0.427. The molecule has 0 aliphatic carbocycles. The lowest BCUT2D eigenvalue weighted by atomic mass is 10.0. The van der Waals surface area contributed by atoms with E-state index >= 15 is 0 Å². The van der Waals surface area contributed by atoms with Gasteiger partial charge in [-0.2, -0.15) is 5.26 Å². The average Bonchev–Trinajstić information content (AvgIpc) is 4.06. The summed E-state index contributed by atoms with van der Waals surface area (Å²) in [7, 11) is 0. The van der Waals surface area contributed by atoms with Gasteiger partial charge in [0, 0.05) is 43.1 Å². The van der Waals surface area contributed by atoms with Crippen LogP contribution < -0.4 is 0 Å². The van der Waals surface area contributed by atoms with Crippen molar-refractivity contribution in [1.82, 2.24) is 18.3 Å². The van der Waals surface area contributed by atoms with E-state index in [0.29, 0.717) is 34.0 Å². The lowest BCUT2D eigenvalue weighted by Gasteiger charge is -2.27. The van der Waals surface area contributed by atoms with Crippen LogP contribution in [0.4, 0.5) is 5.69 Å². The monoisotopic (exact) mass is 788 g/mol. The van der Waals surface area contributed by atoms with Gasteiger partial charge in [0.15, 0.2) is 0 Å². The smallest absolute Gasteiger partial charge is 0.238 e. The second kappa shape index (κ2) is 12.8. The second-order valence-corrected chi connectivity index (χ2v) is 15.8. The Morgan fingerprint density at radius 2 is 0.500 bits per heavy atom. The van der Waals surface area contributed by atoms with Gasteiger partial charge in [-0.15, -0.1) is 0 Å². The largest absolute Gasteiger partial charge is 0.317 e. The first-order chi connectivity index (χ1) is 30.8. The van der Waals surface area contributed by atoms with E-state index in [0.717, 1.165) is 87.2 Å². The molecular weight excluding hydrogens is 757 g/mol. The molecule has 0 aliphatic rings. The lowest BCUT2D eigenvalue weighted by molar-refractivity contribution is 1.04. The van der Waals surface area contributed by atoms with Crippen LogP contribution in [0.3, 0.4) is 0 Å². The van der Waals surface area contributed by atoms with Gasteiger partial charge in [0.25, 0.3) is 0 Å². The summed E-state index contributed by atoms with van der Waals surface area (Å²) < 4.78 is 8.96. The summed E-state index contributed by atoms with van der Waals surface area (Å²) >= 11 is 0. The van der Waals surface area contributed by atoms with Crippen molar-refractivity contribution in [3.05, 3.63) is 211 Å². The maximum atomic E-state index is 12.3. The fraction of sp³-hybridized carbons (Fsp3) is 0. The van der Waals surface area contributed by atoms with Crippen LogP contribution in [0.5, 0.6) is 0 Å². The van der Waals surface area contributed by atoms with Crippen LogP contribution in [-0.2, 0) is 0 Å². The van der Waals surface area contributed by atoms with Gasteiger partial charge >= 0.3 is 0 Å². The molecule has 0 unspecified atom stereocenters. The van der Waals surface area contributed by atoms with Crippen LogP contribution in [-0.4, -0.2) is 18.3 Å². The summed E-state index contributed by atoms with van der Waals surface area (Å²) in [6.45, 7) is 9.58. The highest BCUT2D eigenvalue weighted by Crippen LogP contribution is 2.51. The Morgan fingerprint density at radius 1 is 0.306 bits per heavy atom. The molecule has 4 aromatic heterocycles. The predicted molar refractivity (Wildman–Crippen MR) is 255 cm³/mol. The van der Waals surface area contributed by atoms with E-state index in [-0.39, 0.29) is 0 Å². The van der Waals surface area contributed by atoms with Crippen LogP contribution in [0, 0.1) is 17.9 Å². The summed E-state index contributed by atoms with van der Waals surface area (Å²) in [5.41, 5.74) is 11.0. The average molecular weight is 789 g/mol. The van der Waals surface area contributed by atoms with Crippen molar-refractivity contribution in [2.75, 3.05) is 0 Å². The molecule has 0 spiro atoms. The zero-order valence-corrected chi connectivity index (χ0v) is 33.2. The van der Waals surface area contributed by atoms with Crippen LogP contribution in [0.1, 0.15) is 5.56 Å². The quantitative estimate of drug-likeness (QED) is 0.164. The number of aromatic nitrogens is 4. The number of rotatable bonds is 4. The highest BCUT2D eigenvalue weighted by atomic mass is 15.1. The maximum Gasteiger partial charge on any atom is 0.238 e. The van der Waals surface area contributed by atoms with Gasteiger partial charge in [0.2, 0.25) is 5.69 Å². The minimum Gasteiger partial charge on any atom is -0.317 e. The summed E-state index contributed by atoms with van der Waals surface area (Å²) in [6, 6.07) is 70.1. The zero-order valence-electron chi connectivity index (χ0n) is 33.2. The SMILES string of the molecule is [C-]#[N+]c1c(-n2c3ccccc3c3ccccc32)c(-n2c3ccccc3c3ccccc32)c(C#N)c(-n2c3ccccc3c3ccccc32)c1-n1c2ccccc2c2ccccc21. The Labute approximate surface area is 355 Å². The molecule has 62 heavy (non-hydrogen) atoms. The van der Waals surface area contributed by atoms with Crippen LogP contribution >= 0.6 is 0 Å². The van der Waals surface area contributed by atoms with Crippen molar-refractivity contribution in [1.29, 1.82) is 5.26 Å². The van der Waals surface area contributed by atoms with Crippen molar-refractivity contribution in [3.63, 3.8) is 0 Å². The molecular formula is C56H32N6. The molecule has 13 aromatic rings. The molecule has 0 atom stereocenters. The van der Waals surface area contributed by atoms with E-state index in [4.69, 9.17) is 4.85 Å². The molecule has 0 N–H and O–H groups in total. The number of fused-ring (bicyclic) bond motifs is 12. The molecule has 6 heteroatoms. The van der Waals surface area contributed by atoms with Gasteiger partial charge in [-0.1, -0.05) is 146 Å². The fourth-order valence-electron chi connectivity index (χ4n) is 10.4. The third kappa shape index (κ3) is 4.39. The number of para-hydroxylation sites is 8. The van der Waals surface area contributed by atoms with E-state index in [9.17, 15) is 11.8 Å². The first-order valence-corrected chi connectivity index (χ1v) is 20.7. The van der Waals surface area contributed by atoms with Crippen molar-refractivity contribution in [2.45, 2.75) is 0 Å². The fourth-order valence-corrected chi connectivity index (χ4v) is 10.4. The summed E-state index contributed by atoms with van der Waals surface area (Å²) in [6.07, 6.45) is 0. The highest BCUT2D eigenvalue weighted by molar-refractivity contribution is 6.16. The molecule has 286 valence electrons. The topological polar surface area (TPSA) is 47.9 Å². The lowest BCUT2D eigenvalue weighted by Crippen LogP contribution is -2.14. The molecule has 0 amide bonds. The number of nitrogens with zero attached hydrogens (tertiary/aromatic N) is 6. The number of nitriles is 1.